The molecule has 0 saturated carbocycles. The van der Waals surface area contributed by atoms with Gasteiger partial charge in [0.05, 0.1) is 5.69 Å². The predicted molar refractivity (Wildman–Crippen MR) is 166 cm³/mol. The number of pyridine rings is 1. The van der Waals surface area contributed by atoms with Gasteiger partial charge in [0.15, 0.2) is 0 Å². The van der Waals surface area contributed by atoms with Crippen LogP contribution in [-0.2, 0) is 61.6 Å². The number of aryl methyl sites for hydroxylation is 6. The number of aromatic nitrogens is 1. The minimum atomic E-state index is 0. The summed E-state index contributed by atoms with van der Waals surface area (Å²) in [6, 6.07) is 15.8. The first-order valence-corrected chi connectivity index (χ1v) is 15.0. The molecule has 7 heteroatoms. The van der Waals surface area contributed by atoms with Gasteiger partial charge in [0.2, 0.25) is 0 Å². The first kappa shape index (κ1) is 39.2. The molecule has 1 aromatic heterocycles. The zero-order valence-corrected chi connectivity index (χ0v) is 28.4. The molecule has 0 aliphatic heterocycles. The summed E-state index contributed by atoms with van der Waals surface area (Å²) < 4.78 is 0. The average molecular weight is 644 g/mol. The van der Waals surface area contributed by atoms with Crippen LogP contribution < -0.4 is 35.4 Å². The molecule has 0 amide bonds. The molecule has 0 bridgehead atoms. The topological polar surface area (TPSA) is 40.2 Å². The van der Waals surface area contributed by atoms with Crippen LogP contribution in [0.15, 0.2) is 48.7 Å². The number of benzene rings is 2. The zero-order chi connectivity index (χ0) is 27.3. The quantitative estimate of drug-likeness (QED) is 0.232. The summed E-state index contributed by atoms with van der Waals surface area (Å²) in [6.45, 7) is 18.2. The maximum atomic E-state index is 4.62. The second-order valence-electron chi connectivity index (χ2n) is 10.2. The van der Waals surface area contributed by atoms with Gasteiger partial charge in [0, 0.05) is 50.3 Å². The molecule has 230 valence electrons. The fourth-order valence-electron chi connectivity index (χ4n) is 5.33. The van der Waals surface area contributed by atoms with E-state index >= 15 is 0 Å². The third-order valence-electron chi connectivity index (χ3n) is 7.63. The molecule has 0 unspecified atom stereocenters. The van der Waals surface area contributed by atoms with E-state index in [1.165, 1.54) is 44.8 Å². The minimum absolute atomic E-state index is 0. The number of hydrogen-bond acceptors (Lipinski definition) is 4. The molecule has 2 aromatic carbocycles. The third kappa shape index (κ3) is 11.4. The average Bonchev–Trinajstić information content (AvgIpc) is 2.97. The Bertz CT molecular complexity index is 1020. The van der Waals surface area contributed by atoms with E-state index in [-0.39, 0.29) is 41.3 Å². The number of rotatable bonds is 16. The van der Waals surface area contributed by atoms with Crippen LogP contribution in [0, 0.1) is 0 Å². The molecule has 41 heavy (non-hydrogen) atoms. The van der Waals surface area contributed by atoms with Crippen LogP contribution in [0.5, 0.6) is 0 Å². The summed E-state index contributed by atoms with van der Waals surface area (Å²) in [5, 5.41) is 7.65. The van der Waals surface area contributed by atoms with Crippen LogP contribution in [0.4, 0.5) is 11.4 Å². The Kier molecular flexibility index (Phi) is 20.1. The third-order valence-corrected chi connectivity index (χ3v) is 7.63. The molecular formula is C34H50Cl2N4Ni. The SMILES string of the molecule is CCc1cc(CC)c(NCCN(CCNc2c(CC)cc(CC)cc2CC)Cc2ccccn2)c(CC)c1.[Cl-].[Cl-].[Ni+2]. The summed E-state index contributed by atoms with van der Waals surface area (Å²) in [6.07, 6.45) is 8.30. The van der Waals surface area contributed by atoms with E-state index < -0.39 is 0 Å². The monoisotopic (exact) mass is 642 g/mol. The summed E-state index contributed by atoms with van der Waals surface area (Å²) in [5.41, 5.74) is 12.5. The summed E-state index contributed by atoms with van der Waals surface area (Å²) in [4.78, 5) is 7.14. The van der Waals surface area contributed by atoms with Crippen LogP contribution in [0.3, 0.4) is 0 Å². The Morgan fingerprint density at radius 3 is 1.34 bits per heavy atom. The summed E-state index contributed by atoms with van der Waals surface area (Å²) in [5.74, 6) is 0. The van der Waals surface area contributed by atoms with E-state index in [2.05, 4.69) is 98.5 Å². The van der Waals surface area contributed by atoms with Crippen molar-refractivity contribution in [3.05, 3.63) is 87.7 Å². The normalized spacial score (nSPS) is 10.4. The Morgan fingerprint density at radius 2 is 1.02 bits per heavy atom. The summed E-state index contributed by atoms with van der Waals surface area (Å²) in [7, 11) is 0. The second kappa shape index (κ2) is 21.0. The van der Waals surface area contributed by atoms with Gasteiger partial charge in [0.25, 0.3) is 0 Å². The van der Waals surface area contributed by atoms with Crippen molar-refractivity contribution < 1.29 is 41.3 Å². The van der Waals surface area contributed by atoms with Crippen molar-refractivity contribution in [2.45, 2.75) is 86.6 Å². The number of halogens is 2. The van der Waals surface area contributed by atoms with Crippen molar-refractivity contribution >= 4 is 11.4 Å². The zero-order valence-electron chi connectivity index (χ0n) is 25.9. The largest absolute Gasteiger partial charge is 2.00 e. The molecule has 0 spiro atoms. The van der Waals surface area contributed by atoms with Gasteiger partial charge in [-0.05, 0) is 84.0 Å². The first-order chi connectivity index (χ1) is 18.6. The smallest absolute Gasteiger partial charge is 1.00 e. The minimum Gasteiger partial charge on any atom is -1.00 e. The molecule has 0 aliphatic carbocycles. The van der Waals surface area contributed by atoms with Gasteiger partial charge in [-0.3, -0.25) is 9.88 Å². The standard InChI is InChI=1S/C34H50N4.2ClH.Ni/c1-7-26-21-28(9-3)33(29(10-4)22-26)36-17-19-38(25-32-15-13-14-16-35-32)20-18-37-34-30(11-5)23-27(8-2)24-31(34)12-6;;;/h13-16,21-24,36-37H,7-12,17-20,25H2,1-6H3;2*1H;/q;;;+2/p-2. The number of nitrogens with one attached hydrogen (secondary N) is 2. The van der Waals surface area contributed by atoms with E-state index in [0.717, 1.165) is 76.9 Å². The van der Waals surface area contributed by atoms with Crippen molar-refractivity contribution in [3.8, 4) is 0 Å². The number of nitrogens with zero attached hydrogens (tertiary/aromatic N) is 2. The first-order valence-electron chi connectivity index (χ1n) is 15.0. The van der Waals surface area contributed by atoms with E-state index in [4.69, 9.17) is 0 Å². The number of anilines is 2. The Hall–Kier alpha value is -1.78. The van der Waals surface area contributed by atoms with Crippen LogP contribution >= 0.6 is 0 Å². The molecule has 0 radical (unpaired) electrons. The van der Waals surface area contributed by atoms with Crippen molar-refractivity contribution in [1.29, 1.82) is 0 Å². The Balaban J connectivity index is 0.00000533. The van der Waals surface area contributed by atoms with Crippen LogP contribution in [0.2, 0.25) is 0 Å². The van der Waals surface area contributed by atoms with E-state index in [0.29, 0.717) is 0 Å². The fourth-order valence-corrected chi connectivity index (χ4v) is 5.33. The van der Waals surface area contributed by atoms with Crippen molar-refractivity contribution in [2.75, 3.05) is 36.8 Å². The van der Waals surface area contributed by atoms with Gasteiger partial charge in [-0.1, -0.05) is 71.9 Å². The molecule has 3 rings (SSSR count). The molecular weight excluding hydrogens is 594 g/mol. The van der Waals surface area contributed by atoms with Crippen molar-refractivity contribution in [1.82, 2.24) is 9.88 Å². The van der Waals surface area contributed by atoms with Gasteiger partial charge in [0.1, 0.15) is 0 Å². The van der Waals surface area contributed by atoms with Gasteiger partial charge in [-0.2, -0.15) is 0 Å². The molecule has 0 saturated heterocycles. The van der Waals surface area contributed by atoms with Gasteiger partial charge >= 0.3 is 16.5 Å². The Labute approximate surface area is 272 Å². The van der Waals surface area contributed by atoms with Crippen LogP contribution in [0.25, 0.3) is 0 Å². The molecule has 4 nitrogen and oxygen atoms in total. The summed E-state index contributed by atoms with van der Waals surface area (Å²) >= 11 is 0. The molecule has 0 atom stereocenters. The molecule has 0 fully saturated rings. The Morgan fingerprint density at radius 1 is 0.610 bits per heavy atom. The molecule has 3 aromatic rings. The second-order valence-corrected chi connectivity index (χ2v) is 10.2. The van der Waals surface area contributed by atoms with Crippen molar-refractivity contribution in [2.24, 2.45) is 0 Å². The number of hydrogen-bond donors (Lipinski definition) is 2. The molecule has 1 heterocycles. The van der Waals surface area contributed by atoms with Crippen LogP contribution in [0.1, 0.15) is 80.6 Å². The van der Waals surface area contributed by atoms with Crippen LogP contribution in [-0.4, -0.2) is 36.1 Å². The van der Waals surface area contributed by atoms with Gasteiger partial charge < -0.3 is 35.4 Å². The van der Waals surface area contributed by atoms with E-state index in [1.54, 1.807) is 0 Å². The van der Waals surface area contributed by atoms with Crippen molar-refractivity contribution in [3.63, 3.8) is 0 Å². The van der Waals surface area contributed by atoms with E-state index in [9.17, 15) is 0 Å². The predicted octanol–water partition coefficient (Wildman–Crippen LogP) is 1.49. The maximum absolute atomic E-state index is 4.62. The fraction of sp³-hybridized carbons (Fsp3) is 0.500. The van der Waals surface area contributed by atoms with Gasteiger partial charge in [-0.15, -0.1) is 0 Å². The molecule has 0 aliphatic rings. The van der Waals surface area contributed by atoms with E-state index in [1.807, 2.05) is 12.3 Å². The van der Waals surface area contributed by atoms with Gasteiger partial charge in [-0.25, -0.2) is 0 Å². The molecule has 2 N–H and O–H groups in total. The maximum Gasteiger partial charge on any atom is 2.00 e.